The summed E-state index contributed by atoms with van der Waals surface area (Å²) in [7, 11) is 0. The minimum Gasteiger partial charge on any atom is -0.268 e. The van der Waals surface area contributed by atoms with Crippen molar-refractivity contribution in [1.29, 1.82) is 0 Å². The Morgan fingerprint density at radius 2 is 1.59 bits per heavy atom. The number of benzene rings is 4. The van der Waals surface area contributed by atoms with E-state index in [0.29, 0.717) is 16.6 Å². The first-order valence-electron chi connectivity index (χ1n) is 12.5. The SMILES string of the molecule is O=c1c2cc(Cl)cc(Cl)c2nc(CSc2nc3c4ccccc4nc(-c4ccccc4)n3n2)n1-c1ccccc1F. The van der Waals surface area contributed by atoms with Crippen LogP contribution in [0.4, 0.5) is 4.39 Å². The molecule has 0 radical (unpaired) electrons. The van der Waals surface area contributed by atoms with Crippen LogP contribution in [-0.2, 0) is 5.75 Å². The molecule has 0 fully saturated rings. The molecule has 7 nitrogen and oxygen atoms in total. The Hall–Kier alpha value is -4.31. The van der Waals surface area contributed by atoms with Gasteiger partial charge in [-0.15, -0.1) is 5.10 Å². The van der Waals surface area contributed by atoms with E-state index < -0.39 is 11.4 Å². The monoisotopic (exact) mass is 598 g/mol. The average molecular weight is 599 g/mol. The number of hydrogen-bond donors (Lipinski definition) is 0. The number of aromatic nitrogens is 6. The topological polar surface area (TPSA) is 78.0 Å². The summed E-state index contributed by atoms with van der Waals surface area (Å²) in [6.45, 7) is 0. The van der Waals surface area contributed by atoms with Gasteiger partial charge in [-0.1, -0.05) is 89.6 Å². The van der Waals surface area contributed by atoms with E-state index >= 15 is 0 Å². The van der Waals surface area contributed by atoms with E-state index in [1.807, 2.05) is 54.6 Å². The third-order valence-electron chi connectivity index (χ3n) is 6.58. The summed E-state index contributed by atoms with van der Waals surface area (Å²) in [5, 5.41) is 6.76. The zero-order valence-corrected chi connectivity index (χ0v) is 23.3. The largest absolute Gasteiger partial charge is 0.268 e. The normalized spacial score (nSPS) is 11.6. The fourth-order valence-corrected chi connectivity index (χ4v) is 6.02. The molecule has 0 aliphatic carbocycles. The zero-order valence-electron chi connectivity index (χ0n) is 21.0. The summed E-state index contributed by atoms with van der Waals surface area (Å²) in [6, 6.07) is 26.5. The predicted octanol–water partition coefficient (Wildman–Crippen LogP) is 7.38. The highest BCUT2D eigenvalue weighted by atomic mass is 35.5. The molecule has 11 heteroatoms. The Labute approximate surface area is 246 Å². The summed E-state index contributed by atoms with van der Waals surface area (Å²) in [6.07, 6.45) is 0. The first-order valence-corrected chi connectivity index (χ1v) is 14.2. The summed E-state index contributed by atoms with van der Waals surface area (Å²) in [4.78, 5) is 28.1. The number of halogens is 3. The quantitative estimate of drug-likeness (QED) is 0.192. The van der Waals surface area contributed by atoms with E-state index in [2.05, 4.69) is 4.98 Å². The minimum atomic E-state index is -0.564. The minimum absolute atomic E-state index is 0.0723. The number of fused-ring (bicyclic) bond motifs is 4. The van der Waals surface area contributed by atoms with Crippen LogP contribution < -0.4 is 5.56 Å². The van der Waals surface area contributed by atoms with Crippen molar-refractivity contribution in [2.75, 3.05) is 0 Å². The smallest absolute Gasteiger partial charge is 0.266 e. The van der Waals surface area contributed by atoms with Crippen LogP contribution in [-0.4, -0.2) is 29.1 Å². The van der Waals surface area contributed by atoms with Crippen molar-refractivity contribution in [2.24, 2.45) is 0 Å². The van der Waals surface area contributed by atoms with Gasteiger partial charge in [0.1, 0.15) is 11.6 Å². The van der Waals surface area contributed by atoms with Gasteiger partial charge in [0.25, 0.3) is 5.56 Å². The van der Waals surface area contributed by atoms with Gasteiger partial charge in [-0.2, -0.15) is 4.52 Å². The van der Waals surface area contributed by atoms with E-state index in [0.717, 1.165) is 16.5 Å². The maximum Gasteiger partial charge on any atom is 0.266 e. The Balaban J connectivity index is 1.38. The first kappa shape index (κ1) is 25.6. The highest BCUT2D eigenvalue weighted by Crippen LogP contribution is 2.30. The van der Waals surface area contributed by atoms with Crippen LogP contribution in [0.1, 0.15) is 5.82 Å². The van der Waals surface area contributed by atoms with Gasteiger partial charge in [0.2, 0.25) is 5.16 Å². The molecule has 7 rings (SSSR count). The molecule has 0 aliphatic rings. The Morgan fingerprint density at radius 3 is 2.41 bits per heavy atom. The van der Waals surface area contributed by atoms with Gasteiger partial charge in [0, 0.05) is 16.0 Å². The number of rotatable bonds is 5. The van der Waals surface area contributed by atoms with Crippen LogP contribution in [0.5, 0.6) is 0 Å². The molecule has 200 valence electrons. The van der Waals surface area contributed by atoms with Crippen LogP contribution in [0.15, 0.2) is 101 Å². The van der Waals surface area contributed by atoms with Gasteiger partial charge < -0.3 is 0 Å². The summed E-state index contributed by atoms with van der Waals surface area (Å²) in [5.74, 6) is 0.522. The second-order valence-electron chi connectivity index (χ2n) is 9.14. The van der Waals surface area contributed by atoms with Gasteiger partial charge in [-0.05, 0) is 36.4 Å². The summed E-state index contributed by atoms with van der Waals surface area (Å²) >= 11 is 13.9. The lowest BCUT2D eigenvalue weighted by molar-refractivity contribution is 0.613. The van der Waals surface area contributed by atoms with Gasteiger partial charge in [0.15, 0.2) is 11.5 Å². The number of nitrogens with zero attached hydrogens (tertiary/aromatic N) is 6. The van der Waals surface area contributed by atoms with E-state index in [4.69, 9.17) is 38.3 Å². The lowest BCUT2D eigenvalue weighted by Crippen LogP contribution is -2.24. The van der Waals surface area contributed by atoms with E-state index in [-0.39, 0.29) is 38.2 Å². The van der Waals surface area contributed by atoms with Gasteiger partial charge in [-0.25, -0.2) is 19.3 Å². The molecule has 0 saturated carbocycles. The molecule has 0 atom stereocenters. The Morgan fingerprint density at radius 1 is 0.829 bits per heavy atom. The highest BCUT2D eigenvalue weighted by molar-refractivity contribution is 7.98. The predicted molar refractivity (Wildman–Crippen MR) is 161 cm³/mol. The van der Waals surface area contributed by atoms with Crippen molar-refractivity contribution in [2.45, 2.75) is 10.9 Å². The molecule has 3 heterocycles. The van der Waals surface area contributed by atoms with Crippen LogP contribution in [0.3, 0.4) is 0 Å². The summed E-state index contributed by atoms with van der Waals surface area (Å²) in [5.41, 5.74) is 2.21. The maximum atomic E-state index is 15.0. The van der Waals surface area contributed by atoms with Gasteiger partial charge in [0.05, 0.1) is 32.9 Å². The number of para-hydroxylation sites is 2. The molecule has 0 spiro atoms. The standard InChI is InChI=1S/C30H17Cl2FN6OS/c31-18-14-20-26(21(32)15-18)35-25(38(29(20)40)24-13-7-5-11-22(24)33)16-41-30-36-28-19-10-4-6-12-23(19)34-27(39(28)37-30)17-8-2-1-3-9-17/h1-15H,16H2. The average Bonchev–Trinajstić information content (AvgIpc) is 3.42. The molecule has 0 aliphatic heterocycles. The fraction of sp³-hybridized carbons (Fsp3) is 0.0333. The molecule has 0 unspecified atom stereocenters. The molecule has 41 heavy (non-hydrogen) atoms. The molecular weight excluding hydrogens is 582 g/mol. The molecule has 4 aromatic carbocycles. The van der Waals surface area contributed by atoms with Crippen LogP contribution in [0.25, 0.3) is 44.5 Å². The van der Waals surface area contributed by atoms with Gasteiger partial charge >= 0.3 is 0 Å². The second-order valence-corrected chi connectivity index (χ2v) is 10.9. The third-order valence-corrected chi connectivity index (χ3v) is 7.92. The molecule has 3 aromatic heterocycles. The number of hydrogen-bond acceptors (Lipinski definition) is 6. The number of thioether (sulfide) groups is 1. The molecule has 0 bridgehead atoms. The fourth-order valence-electron chi connectivity index (χ4n) is 4.74. The summed E-state index contributed by atoms with van der Waals surface area (Å²) < 4.78 is 17.9. The van der Waals surface area contributed by atoms with Crippen molar-refractivity contribution in [1.82, 2.24) is 29.1 Å². The van der Waals surface area contributed by atoms with Crippen molar-refractivity contribution in [3.05, 3.63) is 123 Å². The van der Waals surface area contributed by atoms with Crippen molar-refractivity contribution in [3.63, 3.8) is 0 Å². The molecule has 0 amide bonds. The molecule has 0 saturated heterocycles. The zero-order chi connectivity index (χ0) is 28.1. The first-order chi connectivity index (χ1) is 20.0. The molecular formula is C30H17Cl2FN6OS. The van der Waals surface area contributed by atoms with Crippen molar-refractivity contribution < 1.29 is 4.39 Å². The van der Waals surface area contributed by atoms with E-state index in [1.54, 1.807) is 16.6 Å². The Kier molecular flexibility index (Phi) is 6.42. The van der Waals surface area contributed by atoms with E-state index in [9.17, 15) is 9.18 Å². The van der Waals surface area contributed by atoms with E-state index in [1.165, 1.54) is 40.6 Å². The lowest BCUT2D eigenvalue weighted by Gasteiger charge is -2.14. The molecule has 0 N–H and O–H groups in total. The van der Waals surface area contributed by atoms with Crippen LogP contribution >= 0.6 is 35.0 Å². The molecule has 7 aromatic rings. The third kappa shape index (κ3) is 4.52. The maximum absolute atomic E-state index is 15.0. The van der Waals surface area contributed by atoms with Crippen LogP contribution in [0, 0.1) is 5.82 Å². The Bertz CT molecular complexity index is 2180. The highest BCUT2D eigenvalue weighted by Gasteiger charge is 2.20. The lowest BCUT2D eigenvalue weighted by atomic mass is 10.2. The van der Waals surface area contributed by atoms with Crippen LogP contribution in [0.2, 0.25) is 10.0 Å². The van der Waals surface area contributed by atoms with Gasteiger partial charge in [-0.3, -0.25) is 9.36 Å². The van der Waals surface area contributed by atoms with Crippen molar-refractivity contribution in [3.8, 4) is 17.1 Å². The van der Waals surface area contributed by atoms with Crippen molar-refractivity contribution >= 4 is 62.4 Å². The second kappa shape index (κ2) is 10.3.